The Morgan fingerprint density at radius 3 is 2.33 bits per heavy atom. The molecule has 0 bridgehead atoms. The fraction of sp³-hybridized carbons (Fsp3) is 0.667. The molecular formula is C3H6NO4S-. The Bertz CT molecular complexity index is 122. The van der Waals surface area contributed by atoms with Crippen LogP contribution in [0.15, 0.2) is 0 Å². The highest BCUT2D eigenvalue weighted by atomic mass is 32.2. The maximum Gasteiger partial charge on any atom is 0.258 e. The first kappa shape index (κ1) is 8.54. The SMILES string of the molecule is COC(C(N)=O)S(=O)[O-]. The van der Waals surface area contributed by atoms with Crippen molar-refractivity contribution in [2.75, 3.05) is 7.11 Å². The van der Waals surface area contributed by atoms with E-state index in [9.17, 15) is 13.6 Å². The fourth-order valence-corrected chi connectivity index (χ4v) is 0.636. The van der Waals surface area contributed by atoms with E-state index in [1.54, 1.807) is 0 Å². The first-order valence-electron chi connectivity index (χ1n) is 1.99. The van der Waals surface area contributed by atoms with E-state index in [2.05, 4.69) is 10.5 Å². The monoisotopic (exact) mass is 152 g/mol. The Labute approximate surface area is 54.5 Å². The van der Waals surface area contributed by atoms with Crippen LogP contribution in [0.2, 0.25) is 0 Å². The van der Waals surface area contributed by atoms with Crippen LogP contribution in [0, 0.1) is 0 Å². The average molecular weight is 152 g/mol. The van der Waals surface area contributed by atoms with Crippen molar-refractivity contribution in [1.82, 2.24) is 0 Å². The number of hydrogen-bond donors (Lipinski definition) is 1. The molecule has 2 atom stereocenters. The largest absolute Gasteiger partial charge is 0.770 e. The fourth-order valence-electron chi connectivity index (χ4n) is 0.290. The van der Waals surface area contributed by atoms with Crippen LogP contribution in [-0.4, -0.2) is 27.2 Å². The van der Waals surface area contributed by atoms with E-state index in [1.807, 2.05) is 0 Å². The predicted molar refractivity (Wildman–Crippen MR) is 28.9 cm³/mol. The van der Waals surface area contributed by atoms with Crippen molar-refractivity contribution in [3.8, 4) is 0 Å². The topological polar surface area (TPSA) is 92.5 Å². The van der Waals surface area contributed by atoms with Crippen LogP contribution in [0.4, 0.5) is 0 Å². The van der Waals surface area contributed by atoms with Crippen LogP contribution >= 0.6 is 0 Å². The van der Waals surface area contributed by atoms with Crippen molar-refractivity contribution in [2.45, 2.75) is 5.44 Å². The predicted octanol–water partition coefficient (Wildman–Crippen LogP) is -1.68. The van der Waals surface area contributed by atoms with Crippen LogP contribution in [0.3, 0.4) is 0 Å². The molecule has 0 aromatic rings. The van der Waals surface area contributed by atoms with E-state index in [0.717, 1.165) is 7.11 Å². The second-order valence-electron chi connectivity index (χ2n) is 1.23. The quantitative estimate of drug-likeness (QED) is 0.489. The van der Waals surface area contributed by atoms with Crippen molar-refractivity contribution in [1.29, 1.82) is 0 Å². The van der Waals surface area contributed by atoms with Gasteiger partial charge in [0.15, 0.2) is 5.44 Å². The maximum atomic E-state index is 10.1. The summed E-state index contributed by atoms with van der Waals surface area (Å²) in [6.07, 6.45) is 0. The summed E-state index contributed by atoms with van der Waals surface area (Å²) < 4.78 is 24.1. The van der Waals surface area contributed by atoms with E-state index in [1.165, 1.54) is 0 Å². The lowest BCUT2D eigenvalue weighted by Crippen LogP contribution is -2.33. The minimum absolute atomic E-state index is 1.01. The van der Waals surface area contributed by atoms with E-state index >= 15 is 0 Å². The second kappa shape index (κ2) is 3.54. The molecule has 0 aromatic heterocycles. The summed E-state index contributed by atoms with van der Waals surface area (Å²) in [6.45, 7) is 0. The molecule has 0 aromatic carbocycles. The molecule has 0 radical (unpaired) electrons. The molecule has 0 aliphatic heterocycles. The van der Waals surface area contributed by atoms with Crippen molar-refractivity contribution in [3.63, 3.8) is 0 Å². The molecule has 5 nitrogen and oxygen atoms in total. The summed E-state index contributed by atoms with van der Waals surface area (Å²) in [5.41, 5.74) is 3.07. The van der Waals surface area contributed by atoms with Gasteiger partial charge in [-0.05, 0) is 11.1 Å². The molecule has 9 heavy (non-hydrogen) atoms. The molecule has 0 aliphatic rings. The molecule has 54 valence electrons. The van der Waals surface area contributed by atoms with E-state index < -0.39 is 22.4 Å². The van der Waals surface area contributed by atoms with E-state index in [-0.39, 0.29) is 0 Å². The van der Waals surface area contributed by atoms with Crippen LogP contribution in [0.5, 0.6) is 0 Å². The lowest BCUT2D eigenvalue weighted by atomic mass is 10.7. The van der Waals surface area contributed by atoms with Gasteiger partial charge in [-0.25, -0.2) is 0 Å². The van der Waals surface area contributed by atoms with Gasteiger partial charge in [0.25, 0.3) is 5.91 Å². The van der Waals surface area contributed by atoms with Gasteiger partial charge in [-0.1, -0.05) is 0 Å². The molecule has 1 amide bonds. The van der Waals surface area contributed by atoms with E-state index in [4.69, 9.17) is 0 Å². The second-order valence-corrected chi connectivity index (χ2v) is 2.18. The van der Waals surface area contributed by atoms with Crippen molar-refractivity contribution in [3.05, 3.63) is 0 Å². The molecule has 0 saturated heterocycles. The Morgan fingerprint density at radius 2 is 2.33 bits per heavy atom. The Hall–Kier alpha value is -0.460. The third-order valence-electron chi connectivity index (χ3n) is 0.621. The number of rotatable bonds is 3. The van der Waals surface area contributed by atoms with Crippen molar-refractivity contribution >= 4 is 17.0 Å². The molecule has 0 aliphatic carbocycles. The molecule has 6 heteroatoms. The zero-order valence-electron chi connectivity index (χ0n) is 4.70. The van der Waals surface area contributed by atoms with Crippen LogP contribution in [-0.2, 0) is 20.6 Å². The van der Waals surface area contributed by atoms with Gasteiger partial charge in [-0.3, -0.25) is 9.00 Å². The summed E-state index contributed by atoms with van der Waals surface area (Å²) in [6, 6.07) is 0. The highest BCUT2D eigenvalue weighted by Crippen LogP contribution is 1.91. The minimum Gasteiger partial charge on any atom is -0.770 e. The van der Waals surface area contributed by atoms with Crippen LogP contribution in [0.1, 0.15) is 0 Å². The van der Waals surface area contributed by atoms with Crippen LogP contribution in [0.25, 0.3) is 0 Å². The van der Waals surface area contributed by atoms with Gasteiger partial charge in [0.05, 0.1) is 0 Å². The normalized spacial score (nSPS) is 16.7. The lowest BCUT2D eigenvalue weighted by molar-refractivity contribution is -0.123. The standard InChI is InChI=1S/C3H7NO4S/c1-8-3(2(4)5)9(6)7/h3H,1H3,(H2,4,5)(H,6,7)/p-1. The van der Waals surface area contributed by atoms with Gasteiger partial charge in [-0.15, -0.1) is 0 Å². The highest BCUT2D eigenvalue weighted by Gasteiger charge is 2.13. The summed E-state index contributed by atoms with van der Waals surface area (Å²) in [4.78, 5) is 10.1. The van der Waals surface area contributed by atoms with Crippen molar-refractivity contribution < 1.29 is 18.3 Å². The molecule has 2 unspecified atom stereocenters. The van der Waals surface area contributed by atoms with Gasteiger partial charge >= 0.3 is 0 Å². The van der Waals surface area contributed by atoms with Crippen molar-refractivity contribution in [2.24, 2.45) is 5.73 Å². The van der Waals surface area contributed by atoms with E-state index in [0.29, 0.717) is 0 Å². The van der Waals surface area contributed by atoms with Gasteiger partial charge < -0.3 is 15.0 Å². The molecule has 0 heterocycles. The Morgan fingerprint density at radius 1 is 1.89 bits per heavy atom. The van der Waals surface area contributed by atoms with Gasteiger partial charge in [0.1, 0.15) is 0 Å². The third kappa shape index (κ3) is 2.54. The molecule has 2 N–H and O–H groups in total. The Kier molecular flexibility index (Phi) is 3.36. The number of ether oxygens (including phenoxy) is 1. The third-order valence-corrected chi connectivity index (χ3v) is 1.40. The minimum atomic E-state index is -2.58. The number of carbonyl (C=O) groups excluding carboxylic acids is 1. The zero-order valence-corrected chi connectivity index (χ0v) is 5.51. The number of hydrogen-bond acceptors (Lipinski definition) is 4. The Balaban J connectivity index is 3.99. The summed E-state index contributed by atoms with van der Waals surface area (Å²) in [5.74, 6) is -1.01. The molecule has 0 rings (SSSR count). The zero-order chi connectivity index (χ0) is 7.44. The molecule has 0 spiro atoms. The number of methoxy groups -OCH3 is 1. The number of nitrogens with two attached hydrogens (primary N) is 1. The first-order chi connectivity index (χ1) is 4.09. The maximum absolute atomic E-state index is 10.1. The van der Waals surface area contributed by atoms with Crippen LogP contribution < -0.4 is 5.73 Å². The molecule has 0 saturated carbocycles. The van der Waals surface area contributed by atoms with Gasteiger partial charge in [0, 0.05) is 7.11 Å². The summed E-state index contributed by atoms with van der Waals surface area (Å²) >= 11 is -2.58. The number of amides is 1. The lowest BCUT2D eigenvalue weighted by Gasteiger charge is -2.12. The molecular weight excluding hydrogens is 146 g/mol. The first-order valence-corrected chi connectivity index (χ1v) is 3.13. The van der Waals surface area contributed by atoms with Gasteiger partial charge in [-0.2, -0.15) is 0 Å². The highest BCUT2D eigenvalue weighted by molar-refractivity contribution is 7.80. The average Bonchev–Trinajstić information content (AvgIpc) is 1.64. The number of primary amides is 1. The van der Waals surface area contributed by atoms with Gasteiger partial charge in [0.2, 0.25) is 0 Å². The number of carbonyl (C=O) groups is 1. The summed E-state index contributed by atoms with van der Waals surface area (Å²) in [5, 5.41) is 0. The molecule has 0 fully saturated rings. The smallest absolute Gasteiger partial charge is 0.258 e. The summed E-state index contributed by atoms with van der Waals surface area (Å²) in [7, 11) is 1.09.